The number of hydrogen-bond donors (Lipinski definition) is 1. The summed E-state index contributed by atoms with van der Waals surface area (Å²) in [5.74, 6) is 0. The first-order valence-electron chi connectivity index (χ1n) is 4.79. The van der Waals surface area contributed by atoms with E-state index in [-0.39, 0.29) is 0 Å². The molecule has 1 aromatic rings. The van der Waals surface area contributed by atoms with E-state index < -0.39 is 15.6 Å². The molecule has 1 atom stereocenters. The number of rotatable bonds is 1. The van der Waals surface area contributed by atoms with Crippen LogP contribution in [0, 0.1) is 20.8 Å². The molecule has 1 N–H and O–H groups in total. The highest BCUT2D eigenvalue weighted by Crippen LogP contribution is 2.09. The molecule has 1 unspecified atom stereocenters. The average molecular weight is 248 g/mol. The topological polar surface area (TPSA) is 54.4 Å². The van der Waals surface area contributed by atoms with E-state index in [1.165, 1.54) is 16.7 Å². The molecule has 0 aliphatic rings. The first-order chi connectivity index (χ1) is 7.16. The fourth-order valence-corrected chi connectivity index (χ4v) is 0.898. The van der Waals surface area contributed by atoms with Gasteiger partial charge in [0.05, 0.1) is 0 Å². The number of alkyl halides is 1. The summed E-state index contributed by atoms with van der Waals surface area (Å²) >= 11 is 0. The molecular weight excluding hydrogens is 231 g/mol. The highest BCUT2D eigenvalue weighted by atomic mass is 32.2. The Morgan fingerprint density at radius 2 is 1.50 bits per heavy atom. The van der Waals surface area contributed by atoms with Gasteiger partial charge in [0.15, 0.2) is 0 Å². The fraction of sp³-hybridized carbons (Fsp3) is 0.455. The molecule has 0 aliphatic heterocycles. The van der Waals surface area contributed by atoms with Crippen molar-refractivity contribution >= 4 is 10.1 Å². The minimum atomic E-state index is -4.41. The van der Waals surface area contributed by atoms with Gasteiger partial charge >= 0.3 is 0 Å². The molecule has 0 saturated carbocycles. The van der Waals surface area contributed by atoms with E-state index in [0.717, 1.165) is 6.92 Å². The summed E-state index contributed by atoms with van der Waals surface area (Å²) in [6.45, 7) is 7.19. The van der Waals surface area contributed by atoms with Crippen molar-refractivity contribution in [1.29, 1.82) is 0 Å². The van der Waals surface area contributed by atoms with Crippen molar-refractivity contribution in [2.75, 3.05) is 0 Å². The number of aryl methyl sites for hydroxylation is 2. The van der Waals surface area contributed by atoms with Crippen molar-refractivity contribution in [2.45, 2.75) is 33.2 Å². The maximum Gasteiger partial charge on any atom is 0.297 e. The quantitative estimate of drug-likeness (QED) is 0.777. The molecule has 0 spiro atoms. The molecule has 0 radical (unpaired) electrons. The lowest BCUT2D eigenvalue weighted by Crippen LogP contribution is -2.09. The van der Waals surface area contributed by atoms with Crippen LogP contribution in [0.4, 0.5) is 4.39 Å². The van der Waals surface area contributed by atoms with Crippen LogP contribution in [0.25, 0.3) is 0 Å². The summed E-state index contributed by atoms with van der Waals surface area (Å²) in [5, 5.41) is 0. The van der Waals surface area contributed by atoms with Gasteiger partial charge in [0.25, 0.3) is 10.1 Å². The van der Waals surface area contributed by atoms with Crippen molar-refractivity contribution < 1.29 is 17.4 Å². The number of halogens is 1. The van der Waals surface area contributed by atoms with Crippen LogP contribution >= 0.6 is 0 Å². The predicted octanol–water partition coefficient (Wildman–Crippen LogP) is 2.80. The van der Waals surface area contributed by atoms with Crippen LogP contribution in [0.5, 0.6) is 0 Å². The molecule has 0 fully saturated rings. The van der Waals surface area contributed by atoms with Crippen LogP contribution in [0.3, 0.4) is 0 Å². The number of benzene rings is 1. The summed E-state index contributed by atoms with van der Waals surface area (Å²) < 4.78 is 38.1. The first-order valence-corrected chi connectivity index (χ1v) is 6.29. The smallest absolute Gasteiger partial charge is 0.283 e. The molecule has 1 rings (SSSR count). The van der Waals surface area contributed by atoms with E-state index in [2.05, 4.69) is 39.0 Å². The molecule has 1 aromatic carbocycles. The number of hydrogen-bond acceptors (Lipinski definition) is 2. The van der Waals surface area contributed by atoms with Gasteiger partial charge in [-0.25, -0.2) is 4.39 Å². The molecule has 16 heavy (non-hydrogen) atoms. The molecule has 0 aliphatic carbocycles. The van der Waals surface area contributed by atoms with Gasteiger partial charge in [0, 0.05) is 0 Å². The van der Waals surface area contributed by atoms with Crippen LogP contribution in [-0.2, 0) is 10.1 Å². The third-order valence-corrected chi connectivity index (χ3v) is 3.11. The molecule has 5 heteroatoms. The first kappa shape index (κ1) is 15.1. The Balaban J connectivity index is 0.000000293. The van der Waals surface area contributed by atoms with Gasteiger partial charge < -0.3 is 0 Å². The Labute approximate surface area is 96.1 Å². The van der Waals surface area contributed by atoms with Gasteiger partial charge in [-0.15, -0.1) is 0 Å². The van der Waals surface area contributed by atoms with E-state index >= 15 is 0 Å². The predicted molar refractivity (Wildman–Crippen MR) is 62.8 cm³/mol. The summed E-state index contributed by atoms with van der Waals surface area (Å²) in [6.07, 6.45) is 0. The molecule has 0 saturated heterocycles. The van der Waals surface area contributed by atoms with Crippen molar-refractivity contribution in [3.05, 3.63) is 34.9 Å². The zero-order valence-corrected chi connectivity index (χ0v) is 10.7. The monoisotopic (exact) mass is 248 g/mol. The zero-order valence-electron chi connectivity index (χ0n) is 9.86. The molecule has 92 valence electrons. The Kier molecular flexibility index (Phi) is 5.61. The standard InChI is InChI=1S/C9H12.C2H5FO3S/c1-7-5-4-6-8(2)9(7)3;1-2(3)7(4,5)6/h4-6H,1-3H3;2H,1H3,(H,4,5,6). The molecule has 0 amide bonds. The lowest BCUT2D eigenvalue weighted by Gasteiger charge is -2.00. The minimum absolute atomic E-state index is 0.745. The third kappa shape index (κ3) is 5.23. The van der Waals surface area contributed by atoms with E-state index in [0.29, 0.717) is 0 Å². The second kappa shape index (κ2) is 5.96. The lowest BCUT2D eigenvalue weighted by atomic mass is 10.1. The fourth-order valence-electron chi connectivity index (χ4n) is 0.898. The summed E-state index contributed by atoms with van der Waals surface area (Å²) in [5.41, 5.74) is 2.01. The lowest BCUT2D eigenvalue weighted by molar-refractivity contribution is 0.390. The Morgan fingerprint density at radius 1 is 1.19 bits per heavy atom. The molecule has 0 bridgehead atoms. The van der Waals surface area contributed by atoms with Gasteiger partial charge in [-0.05, 0) is 44.4 Å². The van der Waals surface area contributed by atoms with E-state index in [9.17, 15) is 12.8 Å². The van der Waals surface area contributed by atoms with Gasteiger partial charge in [-0.2, -0.15) is 8.42 Å². The van der Waals surface area contributed by atoms with Crippen LogP contribution in [0.2, 0.25) is 0 Å². The average Bonchev–Trinajstić information content (AvgIpc) is 2.13. The normalized spacial score (nSPS) is 12.6. The van der Waals surface area contributed by atoms with Crippen LogP contribution < -0.4 is 0 Å². The summed E-state index contributed by atoms with van der Waals surface area (Å²) in [6, 6.07) is 6.38. The third-order valence-electron chi connectivity index (χ3n) is 2.29. The zero-order chi connectivity index (χ0) is 12.9. The Bertz CT molecular complexity index is 418. The summed E-state index contributed by atoms with van der Waals surface area (Å²) in [7, 11) is -4.41. The van der Waals surface area contributed by atoms with E-state index in [1.807, 2.05) is 0 Å². The minimum Gasteiger partial charge on any atom is -0.283 e. The van der Waals surface area contributed by atoms with Crippen LogP contribution in [-0.4, -0.2) is 18.5 Å². The van der Waals surface area contributed by atoms with Crippen LogP contribution in [0.15, 0.2) is 18.2 Å². The SMILES string of the molecule is CC(F)S(=O)(=O)O.Cc1cccc(C)c1C. The molecule has 0 aromatic heterocycles. The van der Waals surface area contributed by atoms with Gasteiger partial charge in [0.1, 0.15) is 0 Å². The van der Waals surface area contributed by atoms with Crippen molar-refractivity contribution in [3.8, 4) is 0 Å². The molecular formula is C11H17FO3S. The maximum absolute atomic E-state index is 11.4. The van der Waals surface area contributed by atoms with Crippen LogP contribution in [0.1, 0.15) is 23.6 Å². The van der Waals surface area contributed by atoms with E-state index in [4.69, 9.17) is 4.55 Å². The van der Waals surface area contributed by atoms with Crippen molar-refractivity contribution in [3.63, 3.8) is 0 Å². The van der Waals surface area contributed by atoms with Crippen molar-refractivity contribution in [1.82, 2.24) is 0 Å². The summed E-state index contributed by atoms with van der Waals surface area (Å²) in [4.78, 5) is 0. The Hall–Kier alpha value is -0.940. The maximum atomic E-state index is 11.4. The largest absolute Gasteiger partial charge is 0.297 e. The second-order valence-corrected chi connectivity index (χ2v) is 5.25. The highest BCUT2D eigenvalue weighted by molar-refractivity contribution is 7.86. The highest BCUT2D eigenvalue weighted by Gasteiger charge is 2.13. The van der Waals surface area contributed by atoms with E-state index in [1.54, 1.807) is 0 Å². The van der Waals surface area contributed by atoms with Gasteiger partial charge in [-0.3, -0.25) is 4.55 Å². The molecule has 3 nitrogen and oxygen atoms in total. The molecule has 0 heterocycles. The Morgan fingerprint density at radius 3 is 1.69 bits per heavy atom. The van der Waals surface area contributed by atoms with Crippen molar-refractivity contribution in [2.24, 2.45) is 0 Å². The second-order valence-electron chi connectivity index (χ2n) is 3.57. The van der Waals surface area contributed by atoms with Gasteiger partial charge in [0.2, 0.25) is 5.50 Å². The van der Waals surface area contributed by atoms with Gasteiger partial charge in [-0.1, -0.05) is 18.2 Å².